The summed E-state index contributed by atoms with van der Waals surface area (Å²) in [6.45, 7) is 8.83. The number of ether oxygens (including phenoxy) is 1. The SMILES string of the molecule is CC(C)[C@H](NC(=O)OC(C)(C)C)C(=O)NS(=O)c1cc2sccc2s1. The molecule has 0 spiro atoms. The number of hydrogen-bond donors (Lipinski definition) is 2. The molecule has 0 aliphatic carbocycles. The molecule has 2 aromatic rings. The van der Waals surface area contributed by atoms with Gasteiger partial charge in [0, 0.05) is 9.40 Å². The van der Waals surface area contributed by atoms with E-state index in [4.69, 9.17) is 4.74 Å². The number of hydrogen-bond acceptors (Lipinski definition) is 6. The molecule has 6 nitrogen and oxygen atoms in total. The lowest BCUT2D eigenvalue weighted by Crippen LogP contribution is -2.51. The Bertz CT molecular complexity index is 760. The van der Waals surface area contributed by atoms with Gasteiger partial charge in [-0.05, 0) is 44.2 Å². The minimum atomic E-state index is -1.66. The van der Waals surface area contributed by atoms with Crippen LogP contribution in [0.1, 0.15) is 34.6 Å². The Morgan fingerprint density at radius 3 is 2.48 bits per heavy atom. The van der Waals surface area contributed by atoms with Gasteiger partial charge in [-0.25, -0.2) is 9.00 Å². The fourth-order valence-corrected chi connectivity index (χ4v) is 5.26. The first-order valence-corrected chi connectivity index (χ1v) is 10.6. The Labute approximate surface area is 157 Å². The monoisotopic (exact) mass is 402 g/mol. The van der Waals surface area contributed by atoms with Crippen molar-refractivity contribution in [1.29, 1.82) is 0 Å². The van der Waals surface area contributed by atoms with Crippen molar-refractivity contribution in [3.63, 3.8) is 0 Å². The summed E-state index contributed by atoms with van der Waals surface area (Å²) < 4.78 is 22.7. The van der Waals surface area contributed by atoms with E-state index >= 15 is 0 Å². The average molecular weight is 403 g/mol. The quantitative estimate of drug-likeness (QED) is 0.799. The number of amides is 2. The molecule has 0 aliphatic rings. The summed E-state index contributed by atoms with van der Waals surface area (Å²) in [4.78, 5) is 24.4. The van der Waals surface area contributed by atoms with Crippen LogP contribution in [0.2, 0.25) is 0 Å². The molecule has 1 unspecified atom stereocenters. The maximum absolute atomic E-state index is 12.5. The van der Waals surface area contributed by atoms with Crippen LogP contribution < -0.4 is 10.0 Å². The van der Waals surface area contributed by atoms with Crippen LogP contribution in [0.3, 0.4) is 0 Å². The molecule has 25 heavy (non-hydrogen) atoms. The van der Waals surface area contributed by atoms with Gasteiger partial charge in [0.2, 0.25) is 0 Å². The van der Waals surface area contributed by atoms with E-state index in [9.17, 15) is 13.8 Å². The number of nitrogens with one attached hydrogen (secondary N) is 2. The fraction of sp³-hybridized carbons (Fsp3) is 0.500. The highest BCUT2D eigenvalue weighted by atomic mass is 32.2. The highest BCUT2D eigenvalue weighted by molar-refractivity contribution is 7.86. The lowest BCUT2D eigenvalue weighted by molar-refractivity contribution is -0.122. The summed E-state index contributed by atoms with van der Waals surface area (Å²) in [6.07, 6.45) is -0.677. The first kappa shape index (κ1) is 19.9. The van der Waals surface area contributed by atoms with Gasteiger partial charge < -0.3 is 10.1 Å². The van der Waals surface area contributed by atoms with Crippen LogP contribution in [0.25, 0.3) is 9.40 Å². The van der Waals surface area contributed by atoms with E-state index in [0.717, 1.165) is 9.40 Å². The third-order valence-electron chi connectivity index (χ3n) is 3.11. The molecule has 0 fully saturated rings. The second kappa shape index (κ2) is 7.84. The summed E-state index contributed by atoms with van der Waals surface area (Å²) in [5.41, 5.74) is -0.659. The minimum absolute atomic E-state index is 0.184. The smallest absolute Gasteiger partial charge is 0.408 e. The van der Waals surface area contributed by atoms with E-state index in [1.54, 1.807) is 46.0 Å². The second-order valence-corrected chi connectivity index (χ2v) is 10.3. The van der Waals surface area contributed by atoms with E-state index in [-0.39, 0.29) is 5.92 Å². The fourth-order valence-electron chi connectivity index (χ4n) is 2.01. The van der Waals surface area contributed by atoms with E-state index in [1.807, 2.05) is 17.5 Å². The van der Waals surface area contributed by atoms with Gasteiger partial charge in [-0.2, -0.15) is 0 Å². The van der Waals surface area contributed by atoms with Gasteiger partial charge in [0.25, 0.3) is 5.91 Å². The maximum atomic E-state index is 12.5. The van der Waals surface area contributed by atoms with Crippen LogP contribution in [-0.2, 0) is 20.5 Å². The van der Waals surface area contributed by atoms with E-state index < -0.39 is 34.6 Å². The summed E-state index contributed by atoms with van der Waals surface area (Å²) in [5.74, 6) is -0.688. The molecular formula is C16H22N2O4S3. The lowest BCUT2D eigenvalue weighted by atomic mass is 10.0. The van der Waals surface area contributed by atoms with E-state index in [1.165, 1.54) is 11.3 Å². The molecule has 2 aromatic heterocycles. The van der Waals surface area contributed by atoms with E-state index in [0.29, 0.717) is 4.21 Å². The number of fused-ring (bicyclic) bond motifs is 1. The molecule has 0 radical (unpaired) electrons. The Kier molecular flexibility index (Phi) is 6.23. The first-order chi connectivity index (χ1) is 11.6. The van der Waals surface area contributed by atoms with Crippen molar-refractivity contribution < 1.29 is 18.5 Å². The van der Waals surface area contributed by atoms with Crippen molar-refractivity contribution in [1.82, 2.24) is 10.0 Å². The summed E-state index contributed by atoms with van der Waals surface area (Å²) in [6, 6.07) is 2.93. The molecule has 2 atom stereocenters. The van der Waals surface area contributed by atoms with E-state index in [2.05, 4.69) is 10.0 Å². The molecule has 0 aromatic carbocycles. The summed E-state index contributed by atoms with van der Waals surface area (Å²) in [7, 11) is -1.66. The third-order valence-corrected chi connectivity index (χ3v) is 6.58. The number of rotatable bonds is 5. The van der Waals surface area contributed by atoms with Crippen molar-refractivity contribution in [3.8, 4) is 0 Å². The van der Waals surface area contributed by atoms with Gasteiger partial charge in [0.1, 0.15) is 15.9 Å². The Morgan fingerprint density at radius 1 is 1.24 bits per heavy atom. The highest BCUT2D eigenvalue weighted by Gasteiger charge is 2.28. The largest absolute Gasteiger partial charge is 0.444 e. The van der Waals surface area contributed by atoms with Gasteiger partial charge >= 0.3 is 6.09 Å². The Morgan fingerprint density at radius 2 is 1.92 bits per heavy atom. The lowest BCUT2D eigenvalue weighted by Gasteiger charge is -2.24. The average Bonchev–Trinajstić information content (AvgIpc) is 3.03. The van der Waals surface area contributed by atoms with Gasteiger partial charge in [-0.3, -0.25) is 9.52 Å². The molecule has 138 valence electrons. The molecule has 0 aliphatic heterocycles. The number of thiophene rings is 2. The van der Waals surface area contributed by atoms with Gasteiger partial charge in [-0.1, -0.05) is 13.8 Å². The number of alkyl carbamates (subject to hydrolysis) is 1. The van der Waals surface area contributed by atoms with Gasteiger partial charge in [-0.15, -0.1) is 22.7 Å². The molecule has 0 saturated carbocycles. The standard InChI is InChI=1S/C16H22N2O4S3/c1-9(2)13(17-15(20)22-16(3,4)5)14(19)18-25(21)12-8-11-10(24-12)6-7-23-11/h6-9,13H,1-5H3,(H,17,20)(H,18,19)/t13-,25?/m0/s1. The van der Waals surface area contributed by atoms with Crippen molar-refractivity contribution in [2.75, 3.05) is 0 Å². The highest BCUT2D eigenvalue weighted by Crippen LogP contribution is 2.31. The number of carbonyl (C=O) groups excluding carboxylic acids is 2. The first-order valence-electron chi connectivity index (χ1n) is 7.75. The summed E-state index contributed by atoms with van der Waals surface area (Å²) >= 11 is 2.94. The van der Waals surface area contributed by atoms with Crippen molar-refractivity contribution in [2.24, 2.45) is 5.92 Å². The predicted octanol–water partition coefficient (Wildman–Crippen LogP) is 3.65. The zero-order chi connectivity index (χ0) is 18.8. The van der Waals surface area contributed by atoms with Crippen molar-refractivity contribution in [2.45, 2.75) is 50.5 Å². The molecule has 2 N–H and O–H groups in total. The van der Waals surface area contributed by atoms with Crippen molar-refractivity contribution in [3.05, 3.63) is 17.5 Å². The molecular weight excluding hydrogens is 380 g/mol. The Balaban J connectivity index is 2.03. The van der Waals surface area contributed by atoms with Crippen molar-refractivity contribution >= 4 is 55.1 Å². The predicted molar refractivity (Wildman–Crippen MR) is 102 cm³/mol. The summed E-state index contributed by atoms with van der Waals surface area (Å²) in [5, 5.41) is 4.51. The van der Waals surface area contributed by atoms with Crippen LogP contribution in [0.5, 0.6) is 0 Å². The topological polar surface area (TPSA) is 84.5 Å². The van der Waals surface area contributed by atoms with Crippen LogP contribution in [0.15, 0.2) is 21.7 Å². The van der Waals surface area contributed by atoms with Crippen LogP contribution >= 0.6 is 22.7 Å². The van der Waals surface area contributed by atoms with Crippen LogP contribution in [0.4, 0.5) is 4.79 Å². The van der Waals surface area contributed by atoms with Gasteiger partial charge in [0.05, 0.1) is 0 Å². The molecule has 0 saturated heterocycles. The molecule has 2 heterocycles. The zero-order valence-corrected chi connectivity index (χ0v) is 17.2. The molecule has 2 rings (SSSR count). The minimum Gasteiger partial charge on any atom is -0.444 e. The normalized spacial score (nSPS) is 14.3. The van der Waals surface area contributed by atoms with Gasteiger partial charge in [0.15, 0.2) is 11.0 Å². The van der Waals surface area contributed by atoms with Crippen LogP contribution in [-0.4, -0.2) is 27.9 Å². The maximum Gasteiger partial charge on any atom is 0.408 e. The van der Waals surface area contributed by atoms with Crippen LogP contribution in [0, 0.1) is 5.92 Å². The molecule has 2 amide bonds. The Hall–Kier alpha value is -1.45. The second-order valence-electron chi connectivity index (χ2n) is 6.82. The molecule has 0 bridgehead atoms. The molecule has 9 heteroatoms. The zero-order valence-electron chi connectivity index (χ0n) is 14.7. The third kappa shape index (κ3) is 5.52. The number of carbonyl (C=O) groups is 2.